The van der Waals surface area contributed by atoms with Crippen molar-refractivity contribution in [2.24, 2.45) is 0 Å². The molecule has 1 saturated heterocycles. The van der Waals surface area contributed by atoms with Gasteiger partial charge >= 0.3 is 17.9 Å². The van der Waals surface area contributed by atoms with Gasteiger partial charge in [0.05, 0.1) is 20.3 Å². The Kier molecular flexibility index (Phi) is 9.79. The maximum absolute atomic E-state index is 11.8. The summed E-state index contributed by atoms with van der Waals surface area (Å²) in [4.78, 5) is 46.4. The highest BCUT2D eigenvalue weighted by Crippen LogP contribution is 2.04. The molecule has 1 unspecified atom stereocenters. The predicted octanol–water partition coefficient (Wildman–Crippen LogP) is -0.742. The lowest BCUT2D eigenvalue weighted by Gasteiger charge is -2.29. The fourth-order valence-corrected chi connectivity index (χ4v) is 1.94. The van der Waals surface area contributed by atoms with Gasteiger partial charge in [0.15, 0.2) is 0 Å². The average molecular weight is 355 g/mol. The first-order valence-electron chi connectivity index (χ1n) is 7.60. The summed E-state index contributed by atoms with van der Waals surface area (Å²) < 4.78 is 19.8. The van der Waals surface area contributed by atoms with Crippen LogP contribution in [-0.2, 0) is 38.1 Å². The van der Waals surface area contributed by atoms with Gasteiger partial charge < -0.3 is 18.9 Å². The molecule has 138 valence electrons. The van der Waals surface area contributed by atoms with E-state index < -0.39 is 24.0 Å². The first-order valence-corrected chi connectivity index (χ1v) is 7.60. The standard InChI is InChI=1S/C16H21NO8/c1-22-14(19)4-5-16(21)25-13(11-17-6-9-23-10-7-17)12-24-15(20)3-2-8-18/h2-5,8,13H,6-7,9-12H2,1H3/b3-2+,5-4+. The van der Waals surface area contributed by atoms with Gasteiger partial charge in [0.2, 0.25) is 0 Å². The lowest BCUT2D eigenvalue weighted by Crippen LogP contribution is -2.43. The number of aldehydes is 1. The van der Waals surface area contributed by atoms with E-state index in [9.17, 15) is 19.2 Å². The van der Waals surface area contributed by atoms with Crippen molar-refractivity contribution in [1.29, 1.82) is 0 Å². The number of methoxy groups -OCH3 is 1. The molecule has 1 rings (SSSR count). The largest absolute Gasteiger partial charge is 0.466 e. The summed E-state index contributed by atoms with van der Waals surface area (Å²) in [5.41, 5.74) is 0. The molecule has 9 nitrogen and oxygen atoms in total. The minimum Gasteiger partial charge on any atom is -0.466 e. The summed E-state index contributed by atoms with van der Waals surface area (Å²) in [6, 6.07) is 0. The molecule has 0 aromatic heterocycles. The Morgan fingerprint density at radius 3 is 2.40 bits per heavy atom. The molecule has 0 radical (unpaired) electrons. The van der Waals surface area contributed by atoms with Gasteiger partial charge in [-0.25, -0.2) is 14.4 Å². The van der Waals surface area contributed by atoms with Gasteiger partial charge in [0.25, 0.3) is 0 Å². The molecule has 0 bridgehead atoms. The molecule has 25 heavy (non-hydrogen) atoms. The van der Waals surface area contributed by atoms with Crippen molar-refractivity contribution in [3.63, 3.8) is 0 Å². The molecule has 0 spiro atoms. The van der Waals surface area contributed by atoms with Gasteiger partial charge in [-0.3, -0.25) is 9.69 Å². The summed E-state index contributed by atoms with van der Waals surface area (Å²) in [6.45, 7) is 2.59. The number of nitrogens with zero attached hydrogens (tertiary/aromatic N) is 1. The molecule has 0 aromatic carbocycles. The summed E-state index contributed by atoms with van der Waals surface area (Å²) in [5.74, 6) is -2.17. The van der Waals surface area contributed by atoms with Crippen molar-refractivity contribution in [2.45, 2.75) is 6.10 Å². The lowest BCUT2D eigenvalue weighted by molar-refractivity contribution is -0.154. The monoisotopic (exact) mass is 355 g/mol. The second-order valence-corrected chi connectivity index (χ2v) is 4.95. The van der Waals surface area contributed by atoms with Crippen molar-refractivity contribution in [3.05, 3.63) is 24.3 Å². The quantitative estimate of drug-likeness (QED) is 0.229. The maximum atomic E-state index is 11.8. The third kappa shape index (κ3) is 9.38. The van der Waals surface area contributed by atoms with Gasteiger partial charge in [0, 0.05) is 37.9 Å². The number of allylic oxidation sites excluding steroid dienone is 1. The Morgan fingerprint density at radius 1 is 1.08 bits per heavy atom. The van der Waals surface area contributed by atoms with Crippen molar-refractivity contribution in [3.8, 4) is 0 Å². The van der Waals surface area contributed by atoms with Crippen LogP contribution in [0.25, 0.3) is 0 Å². The van der Waals surface area contributed by atoms with E-state index in [1.165, 1.54) is 7.11 Å². The molecule has 0 amide bonds. The fourth-order valence-electron chi connectivity index (χ4n) is 1.94. The van der Waals surface area contributed by atoms with E-state index >= 15 is 0 Å². The zero-order chi connectivity index (χ0) is 18.5. The third-order valence-electron chi connectivity index (χ3n) is 3.13. The van der Waals surface area contributed by atoms with Crippen LogP contribution >= 0.6 is 0 Å². The van der Waals surface area contributed by atoms with E-state index in [-0.39, 0.29) is 6.61 Å². The van der Waals surface area contributed by atoms with Crippen LogP contribution in [0.5, 0.6) is 0 Å². The topological polar surface area (TPSA) is 108 Å². The minimum absolute atomic E-state index is 0.183. The van der Waals surface area contributed by atoms with Crippen molar-refractivity contribution in [2.75, 3.05) is 46.6 Å². The summed E-state index contributed by atoms with van der Waals surface area (Å²) >= 11 is 0. The SMILES string of the molecule is COC(=O)/C=C/C(=O)OC(COC(=O)/C=C/C=O)CN1CCOCC1. The molecule has 1 aliphatic rings. The second kappa shape index (κ2) is 11.9. The second-order valence-electron chi connectivity index (χ2n) is 4.95. The highest BCUT2D eigenvalue weighted by Gasteiger charge is 2.21. The Morgan fingerprint density at radius 2 is 1.76 bits per heavy atom. The lowest BCUT2D eigenvalue weighted by atomic mass is 10.3. The molecule has 0 aromatic rings. The summed E-state index contributed by atoms with van der Waals surface area (Å²) in [7, 11) is 1.19. The first kappa shape index (κ1) is 20.5. The Hall–Kier alpha value is -2.52. The fraction of sp³-hybridized carbons (Fsp3) is 0.500. The smallest absolute Gasteiger partial charge is 0.331 e. The van der Waals surface area contributed by atoms with Crippen LogP contribution in [0.3, 0.4) is 0 Å². The summed E-state index contributed by atoms with van der Waals surface area (Å²) in [6.07, 6.45) is 3.56. The Bertz CT molecular complexity index is 522. The first-order chi connectivity index (χ1) is 12.0. The van der Waals surface area contributed by atoms with Crippen LogP contribution in [0.15, 0.2) is 24.3 Å². The van der Waals surface area contributed by atoms with Crippen LogP contribution in [0.4, 0.5) is 0 Å². The summed E-state index contributed by atoms with van der Waals surface area (Å²) in [5, 5.41) is 0. The van der Waals surface area contributed by atoms with Crippen LogP contribution in [0, 0.1) is 0 Å². The van der Waals surface area contributed by atoms with E-state index in [0.29, 0.717) is 39.1 Å². The number of morpholine rings is 1. The van der Waals surface area contributed by atoms with E-state index in [1.807, 2.05) is 4.90 Å². The molecule has 9 heteroatoms. The van der Waals surface area contributed by atoms with Gasteiger partial charge in [-0.15, -0.1) is 0 Å². The van der Waals surface area contributed by atoms with E-state index in [0.717, 1.165) is 24.3 Å². The number of carbonyl (C=O) groups excluding carboxylic acids is 4. The van der Waals surface area contributed by atoms with Gasteiger partial charge in [-0.2, -0.15) is 0 Å². The third-order valence-corrected chi connectivity index (χ3v) is 3.13. The molecule has 1 fully saturated rings. The predicted molar refractivity (Wildman–Crippen MR) is 84.5 cm³/mol. The van der Waals surface area contributed by atoms with Crippen LogP contribution in [-0.4, -0.2) is 81.8 Å². The van der Waals surface area contributed by atoms with Crippen LogP contribution in [0.1, 0.15) is 0 Å². The van der Waals surface area contributed by atoms with E-state index in [1.54, 1.807) is 0 Å². The van der Waals surface area contributed by atoms with Crippen molar-refractivity contribution >= 4 is 24.2 Å². The van der Waals surface area contributed by atoms with Gasteiger partial charge in [0.1, 0.15) is 19.0 Å². The Balaban J connectivity index is 2.59. The van der Waals surface area contributed by atoms with Crippen LogP contribution in [0.2, 0.25) is 0 Å². The molecule has 0 N–H and O–H groups in total. The highest BCUT2D eigenvalue weighted by atomic mass is 16.6. The Labute approximate surface area is 145 Å². The minimum atomic E-state index is -0.761. The van der Waals surface area contributed by atoms with Gasteiger partial charge in [-0.1, -0.05) is 0 Å². The number of esters is 3. The zero-order valence-electron chi connectivity index (χ0n) is 13.9. The highest BCUT2D eigenvalue weighted by molar-refractivity contribution is 5.91. The molecule has 1 atom stereocenters. The molecule has 1 aliphatic heterocycles. The van der Waals surface area contributed by atoms with E-state index in [4.69, 9.17) is 14.2 Å². The zero-order valence-corrected chi connectivity index (χ0v) is 13.9. The maximum Gasteiger partial charge on any atom is 0.331 e. The molecule has 1 heterocycles. The van der Waals surface area contributed by atoms with Crippen molar-refractivity contribution < 1.29 is 38.1 Å². The molecular weight excluding hydrogens is 334 g/mol. The number of hydrogen-bond acceptors (Lipinski definition) is 9. The number of ether oxygens (including phenoxy) is 4. The molecular formula is C16H21NO8. The molecule has 0 aliphatic carbocycles. The number of rotatable bonds is 9. The normalized spacial score (nSPS) is 16.5. The van der Waals surface area contributed by atoms with Gasteiger partial charge in [-0.05, 0) is 6.08 Å². The number of hydrogen-bond donors (Lipinski definition) is 0. The average Bonchev–Trinajstić information content (AvgIpc) is 2.63. The van der Waals surface area contributed by atoms with Crippen molar-refractivity contribution in [1.82, 2.24) is 4.90 Å². The van der Waals surface area contributed by atoms with E-state index in [2.05, 4.69) is 4.74 Å². The molecule has 0 saturated carbocycles. The van der Waals surface area contributed by atoms with Crippen LogP contribution < -0.4 is 0 Å². The number of carbonyl (C=O) groups is 4.